The zero-order valence-corrected chi connectivity index (χ0v) is 19.2. The van der Waals surface area contributed by atoms with E-state index in [9.17, 15) is 22.4 Å². The summed E-state index contributed by atoms with van der Waals surface area (Å²) >= 11 is 0. The van der Waals surface area contributed by atoms with Crippen LogP contribution in [0.15, 0.2) is 83.8 Å². The maximum atomic E-state index is 13.6. The highest BCUT2D eigenvalue weighted by molar-refractivity contribution is 7.85. The van der Waals surface area contributed by atoms with Gasteiger partial charge in [0.25, 0.3) is 15.7 Å². The van der Waals surface area contributed by atoms with Crippen molar-refractivity contribution in [3.63, 3.8) is 0 Å². The molecule has 2 amide bonds. The Kier molecular flexibility index (Phi) is 8.12. The van der Waals surface area contributed by atoms with Crippen LogP contribution in [0.1, 0.15) is 5.69 Å². The number of fused-ring (bicyclic) bond motifs is 1. The molecule has 35 heavy (non-hydrogen) atoms. The summed E-state index contributed by atoms with van der Waals surface area (Å²) in [5.74, 6) is 0.0310. The molecule has 0 radical (unpaired) electrons. The van der Waals surface area contributed by atoms with Crippen molar-refractivity contribution in [1.82, 2.24) is 9.38 Å². The third-order valence-electron chi connectivity index (χ3n) is 4.25. The molecule has 2 aromatic heterocycles. The van der Waals surface area contributed by atoms with Gasteiger partial charge in [0, 0.05) is 18.0 Å². The van der Waals surface area contributed by atoms with E-state index < -0.39 is 22.0 Å². The van der Waals surface area contributed by atoms with Crippen LogP contribution in [0.4, 0.5) is 20.6 Å². The normalized spacial score (nSPS) is 10.7. The molecule has 0 spiro atoms. The Morgan fingerprint density at radius 2 is 1.71 bits per heavy atom. The largest absolute Gasteiger partial charge is 0.487 e. The molecule has 2 heterocycles. The second-order valence-corrected chi connectivity index (χ2v) is 8.59. The number of pyridine rings is 1. The van der Waals surface area contributed by atoms with Crippen LogP contribution in [-0.4, -0.2) is 34.6 Å². The maximum absolute atomic E-state index is 13.6. The Labute approximate surface area is 199 Å². The summed E-state index contributed by atoms with van der Waals surface area (Å²) in [6.07, 6.45) is 2.37. The van der Waals surface area contributed by atoms with Crippen molar-refractivity contribution in [2.75, 3.05) is 16.9 Å². The van der Waals surface area contributed by atoms with E-state index in [1.807, 2.05) is 0 Å². The number of ether oxygens (including phenoxy) is 1. The molecular weight excluding hydrogens is 479 g/mol. The van der Waals surface area contributed by atoms with Crippen molar-refractivity contribution in [3.8, 4) is 5.75 Å². The number of nitrogens with zero attached hydrogens (tertiary/aromatic N) is 2. The number of rotatable bonds is 5. The summed E-state index contributed by atoms with van der Waals surface area (Å²) in [5, 5.41) is 5.06. The van der Waals surface area contributed by atoms with Gasteiger partial charge in [-0.2, -0.15) is 8.42 Å². The first kappa shape index (κ1) is 25.3. The van der Waals surface area contributed by atoms with E-state index in [1.54, 1.807) is 60.8 Å². The molecule has 4 aromatic rings. The fourth-order valence-corrected chi connectivity index (χ4v) is 2.82. The van der Waals surface area contributed by atoms with Crippen LogP contribution in [0.2, 0.25) is 0 Å². The van der Waals surface area contributed by atoms with Crippen LogP contribution >= 0.6 is 0 Å². The zero-order valence-electron chi connectivity index (χ0n) is 18.4. The lowest BCUT2D eigenvalue weighted by atomic mass is 10.3. The Hall–Kier alpha value is -4.29. The Balaban J connectivity index is 0.000000623. The fourth-order valence-electron chi connectivity index (χ4n) is 2.82. The standard InChI is InChI=1S/C22H17FN4O3.CH4O3S/c23-18-5-1-2-6-19(18)26-22(29)25-15-8-10-17(11-9-15)30-14-16-13-21(28)27-12-4-3-7-20(27)24-16;1-5(2,3)4/h1-13H,14H2,(H2,25,26,29);1H3,(H,2,3,4). The van der Waals surface area contributed by atoms with Gasteiger partial charge in [-0.05, 0) is 48.5 Å². The van der Waals surface area contributed by atoms with E-state index in [0.29, 0.717) is 29.0 Å². The summed E-state index contributed by atoms with van der Waals surface area (Å²) in [6, 6.07) is 18.7. The molecule has 4 rings (SSSR count). The Morgan fingerprint density at radius 3 is 2.40 bits per heavy atom. The quantitative estimate of drug-likeness (QED) is 0.356. The van der Waals surface area contributed by atoms with Crippen LogP contribution in [0.5, 0.6) is 5.75 Å². The topological polar surface area (TPSA) is 139 Å². The molecule has 0 bridgehead atoms. The maximum Gasteiger partial charge on any atom is 0.323 e. The first-order valence-electron chi connectivity index (χ1n) is 10.0. The number of anilines is 2. The molecule has 10 nitrogen and oxygen atoms in total. The number of hydrogen-bond acceptors (Lipinski definition) is 6. The number of carbonyl (C=O) groups is 1. The van der Waals surface area contributed by atoms with Gasteiger partial charge in [0.1, 0.15) is 23.8 Å². The van der Waals surface area contributed by atoms with Crippen LogP contribution in [0, 0.1) is 5.82 Å². The number of nitrogens with one attached hydrogen (secondary N) is 2. The summed E-state index contributed by atoms with van der Waals surface area (Å²) < 4.78 is 46.6. The number of carbonyl (C=O) groups excluding carboxylic acids is 1. The molecule has 2 aromatic carbocycles. The van der Waals surface area contributed by atoms with Crippen molar-refractivity contribution in [2.45, 2.75) is 6.61 Å². The third kappa shape index (κ3) is 8.21. The van der Waals surface area contributed by atoms with Crippen LogP contribution in [-0.2, 0) is 16.7 Å². The molecule has 12 heteroatoms. The van der Waals surface area contributed by atoms with Crippen LogP contribution in [0.3, 0.4) is 0 Å². The number of urea groups is 1. The lowest BCUT2D eigenvalue weighted by Gasteiger charge is -2.10. The molecule has 0 atom stereocenters. The van der Waals surface area contributed by atoms with Gasteiger partial charge in [0.15, 0.2) is 0 Å². The number of hydrogen-bond donors (Lipinski definition) is 3. The average molecular weight is 501 g/mol. The number of aromatic nitrogens is 2. The first-order valence-corrected chi connectivity index (χ1v) is 11.9. The summed E-state index contributed by atoms with van der Waals surface area (Å²) in [4.78, 5) is 28.5. The lowest BCUT2D eigenvalue weighted by molar-refractivity contribution is 0.262. The van der Waals surface area contributed by atoms with Gasteiger partial charge in [-0.3, -0.25) is 13.7 Å². The van der Waals surface area contributed by atoms with E-state index in [4.69, 9.17) is 9.29 Å². The summed E-state index contributed by atoms with van der Waals surface area (Å²) in [6.45, 7) is 0.126. The lowest BCUT2D eigenvalue weighted by Crippen LogP contribution is -2.20. The van der Waals surface area contributed by atoms with Gasteiger partial charge in [0.2, 0.25) is 0 Å². The highest BCUT2D eigenvalue weighted by atomic mass is 32.2. The molecule has 0 saturated heterocycles. The third-order valence-corrected chi connectivity index (χ3v) is 4.25. The molecule has 0 aliphatic heterocycles. The van der Waals surface area contributed by atoms with Gasteiger partial charge in [0.05, 0.1) is 17.6 Å². The second kappa shape index (κ2) is 11.2. The van der Waals surface area contributed by atoms with Crippen LogP contribution < -0.4 is 20.9 Å². The Bertz CT molecular complexity index is 1480. The van der Waals surface area contributed by atoms with E-state index in [2.05, 4.69) is 15.6 Å². The minimum atomic E-state index is -3.67. The molecule has 0 unspecified atom stereocenters. The monoisotopic (exact) mass is 500 g/mol. The summed E-state index contributed by atoms with van der Waals surface area (Å²) in [5.41, 5.74) is 1.48. The molecule has 0 aliphatic carbocycles. The zero-order chi connectivity index (χ0) is 25.4. The van der Waals surface area contributed by atoms with E-state index in [1.165, 1.54) is 22.6 Å². The molecule has 182 valence electrons. The fraction of sp³-hybridized carbons (Fsp3) is 0.0870. The second-order valence-electron chi connectivity index (χ2n) is 7.12. The van der Waals surface area contributed by atoms with E-state index in [-0.39, 0.29) is 17.9 Å². The van der Waals surface area contributed by atoms with Gasteiger partial charge < -0.3 is 15.4 Å². The van der Waals surface area contributed by atoms with Crippen molar-refractivity contribution in [2.24, 2.45) is 0 Å². The molecule has 0 aliphatic rings. The SMILES string of the molecule is CS(=O)(=O)O.O=C(Nc1ccc(OCc2cc(=O)n3ccccc3n2)cc1)Nc1ccccc1F. The summed E-state index contributed by atoms with van der Waals surface area (Å²) in [7, 11) is -3.67. The number of halogens is 1. The molecule has 3 N–H and O–H groups in total. The highest BCUT2D eigenvalue weighted by Crippen LogP contribution is 2.18. The number of para-hydroxylation sites is 1. The number of amides is 2. The first-order chi connectivity index (χ1) is 16.6. The van der Waals surface area contributed by atoms with E-state index in [0.717, 1.165) is 0 Å². The highest BCUT2D eigenvalue weighted by Gasteiger charge is 2.07. The van der Waals surface area contributed by atoms with Crippen molar-refractivity contribution < 1.29 is 26.9 Å². The smallest absolute Gasteiger partial charge is 0.323 e. The minimum absolute atomic E-state index is 0.0914. The van der Waals surface area contributed by atoms with Crippen molar-refractivity contribution in [1.29, 1.82) is 0 Å². The van der Waals surface area contributed by atoms with Gasteiger partial charge in [-0.25, -0.2) is 14.2 Å². The van der Waals surface area contributed by atoms with Crippen molar-refractivity contribution >= 4 is 33.2 Å². The minimum Gasteiger partial charge on any atom is -0.487 e. The molecule has 0 fully saturated rings. The van der Waals surface area contributed by atoms with Crippen molar-refractivity contribution in [3.05, 3.63) is 101 Å². The molecule has 0 saturated carbocycles. The van der Waals surface area contributed by atoms with Gasteiger partial charge in [-0.15, -0.1) is 0 Å². The van der Waals surface area contributed by atoms with Crippen LogP contribution in [0.25, 0.3) is 5.65 Å². The predicted octanol–water partition coefficient (Wildman–Crippen LogP) is 3.56. The van der Waals surface area contributed by atoms with E-state index >= 15 is 0 Å². The predicted molar refractivity (Wildman–Crippen MR) is 129 cm³/mol. The number of benzene rings is 2. The van der Waals surface area contributed by atoms with Gasteiger partial charge in [-0.1, -0.05) is 18.2 Å². The van der Waals surface area contributed by atoms with Gasteiger partial charge >= 0.3 is 6.03 Å². The molecular formula is C23H21FN4O6S. The Morgan fingerprint density at radius 1 is 1.06 bits per heavy atom. The average Bonchev–Trinajstić information content (AvgIpc) is 2.79.